The fraction of sp³-hybridized carbons (Fsp3) is 0.222. The third-order valence-corrected chi connectivity index (χ3v) is 1.56. The van der Waals surface area contributed by atoms with Gasteiger partial charge < -0.3 is 9.59 Å². The summed E-state index contributed by atoms with van der Waals surface area (Å²) in [6, 6.07) is 3.56. The molecular weight excluding hydrogens is 154 g/mol. The smallest absolute Gasteiger partial charge is 0.125 e. The van der Waals surface area contributed by atoms with Gasteiger partial charge in [-0.3, -0.25) is 4.98 Å². The highest BCUT2D eigenvalue weighted by atomic mass is 16.1. The maximum atomic E-state index is 10.2. The summed E-state index contributed by atoms with van der Waals surface area (Å²) in [6.07, 6.45) is 3.83. The van der Waals surface area contributed by atoms with E-state index >= 15 is 0 Å². The number of hydrogen-bond donors (Lipinski definition) is 0. The van der Waals surface area contributed by atoms with E-state index in [1.165, 1.54) is 0 Å². The van der Waals surface area contributed by atoms with Crippen molar-refractivity contribution in [2.24, 2.45) is 0 Å². The minimum Gasteiger partial charge on any atom is -0.303 e. The van der Waals surface area contributed by atoms with Crippen LogP contribution in [0.15, 0.2) is 18.3 Å². The number of rotatable bonds is 4. The fourth-order valence-electron chi connectivity index (χ4n) is 1.01. The molecule has 0 aliphatic heterocycles. The standard InChI is InChI=1S/C9H9NO2/c11-6-3-8-2-1-5-10-9(8)4-7-12/h1-2,5-7H,3-4H2. The van der Waals surface area contributed by atoms with E-state index in [0.717, 1.165) is 18.1 Å². The van der Waals surface area contributed by atoms with E-state index in [-0.39, 0.29) is 6.42 Å². The van der Waals surface area contributed by atoms with Gasteiger partial charge in [-0.2, -0.15) is 0 Å². The SMILES string of the molecule is O=CCc1cccnc1CC=O. The highest BCUT2D eigenvalue weighted by Gasteiger charge is 2.00. The van der Waals surface area contributed by atoms with Crippen LogP contribution in [0.2, 0.25) is 0 Å². The van der Waals surface area contributed by atoms with Crippen LogP contribution in [0.4, 0.5) is 0 Å². The lowest BCUT2D eigenvalue weighted by molar-refractivity contribution is -0.108. The zero-order chi connectivity index (χ0) is 8.81. The molecular formula is C9H9NO2. The third-order valence-electron chi connectivity index (χ3n) is 1.56. The van der Waals surface area contributed by atoms with Crippen molar-refractivity contribution in [3.8, 4) is 0 Å². The molecule has 0 N–H and O–H groups in total. The minimum atomic E-state index is 0.282. The molecule has 62 valence electrons. The maximum Gasteiger partial charge on any atom is 0.125 e. The van der Waals surface area contributed by atoms with Crippen molar-refractivity contribution < 1.29 is 9.59 Å². The predicted octanol–water partition coefficient (Wildman–Crippen LogP) is 0.564. The second kappa shape index (κ2) is 4.38. The van der Waals surface area contributed by atoms with Crippen LogP contribution in [0.1, 0.15) is 11.3 Å². The number of pyridine rings is 1. The molecule has 0 aliphatic carbocycles. The molecule has 0 amide bonds. The van der Waals surface area contributed by atoms with Crippen molar-refractivity contribution >= 4 is 12.6 Å². The summed E-state index contributed by atoms with van der Waals surface area (Å²) in [4.78, 5) is 24.4. The molecule has 0 aromatic carbocycles. The first-order chi connectivity index (χ1) is 5.88. The topological polar surface area (TPSA) is 47.0 Å². The van der Waals surface area contributed by atoms with E-state index in [2.05, 4.69) is 4.98 Å². The quantitative estimate of drug-likeness (QED) is 0.609. The number of nitrogens with zero attached hydrogens (tertiary/aromatic N) is 1. The summed E-state index contributed by atoms with van der Waals surface area (Å²) < 4.78 is 0. The summed E-state index contributed by atoms with van der Waals surface area (Å²) in [5.74, 6) is 0. The number of carbonyl (C=O) groups is 2. The van der Waals surface area contributed by atoms with Crippen molar-refractivity contribution in [2.45, 2.75) is 12.8 Å². The molecule has 0 fully saturated rings. The Balaban J connectivity index is 2.90. The number of carbonyl (C=O) groups excluding carboxylic acids is 2. The van der Waals surface area contributed by atoms with Gasteiger partial charge in [-0.05, 0) is 11.6 Å². The summed E-state index contributed by atoms with van der Waals surface area (Å²) in [5.41, 5.74) is 1.53. The van der Waals surface area contributed by atoms with Crippen LogP contribution in [-0.2, 0) is 22.4 Å². The minimum absolute atomic E-state index is 0.282. The first-order valence-corrected chi connectivity index (χ1v) is 3.68. The molecule has 0 saturated heterocycles. The van der Waals surface area contributed by atoms with Crippen molar-refractivity contribution in [1.29, 1.82) is 0 Å². The molecule has 0 saturated carbocycles. The van der Waals surface area contributed by atoms with Crippen molar-refractivity contribution in [3.63, 3.8) is 0 Å². The van der Waals surface area contributed by atoms with Crippen LogP contribution in [-0.4, -0.2) is 17.6 Å². The lowest BCUT2D eigenvalue weighted by Gasteiger charge is -2.00. The average molecular weight is 163 g/mol. The summed E-state index contributed by atoms with van der Waals surface area (Å²) in [7, 11) is 0. The second-order valence-corrected chi connectivity index (χ2v) is 2.35. The molecule has 0 bridgehead atoms. The van der Waals surface area contributed by atoms with Gasteiger partial charge in [0.2, 0.25) is 0 Å². The molecule has 0 atom stereocenters. The highest BCUT2D eigenvalue weighted by Crippen LogP contribution is 2.04. The van der Waals surface area contributed by atoms with Gasteiger partial charge >= 0.3 is 0 Å². The Hall–Kier alpha value is -1.51. The maximum absolute atomic E-state index is 10.2. The Kier molecular flexibility index (Phi) is 3.14. The fourth-order valence-corrected chi connectivity index (χ4v) is 1.01. The van der Waals surface area contributed by atoms with Crippen molar-refractivity contribution in [1.82, 2.24) is 4.98 Å². The molecule has 1 aromatic rings. The number of hydrogen-bond acceptors (Lipinski definition) is 3. The van der Waals surface area contributed by atoms with E-state index in [9.17, 15) is 9.59 Å². The Bertz CT molecular complexity index is 255. The molecule has 0 unspecified atom stereocenters. The van der Waals surface area contributed by atoms with Gasteiger partial charge in [0.05, 0.1) is 5.69 Å². The first kappa shape index (κ1) is 8.59. The van der Waals surface area contributed by atoms with Gasteiger partial charge in [0.25, 0.3) is 0 Å². The van der Waals surface area contributed by atoms with Crippen LogP contribution in [0.25, 0.3) is 0 Å². The normalized spacial score (nSPS) is 9.33. The van der Waals surface area contributed by atoms with Gasteiger partial charge in [-0.15, -0.1) is 0 Å². The van der Waals surface area contributed by atoms with Crippen LogP contribution >= 0.6 is 0 Å². The van der Waals surface area contributed by atoms with Crippen LogP contribution in [0, 0.1) is 0 Å². The predicted molar refractivity (Wildman–Crippen MR) is 43.8 cm³/mol. The summed E-state index contributed by atoms with van der Waals surface area (Å²) in [5, 5.41) is 0. The third kappa shape index (κ3) is 1.99. The molecule has 1 heterocycles. The highest BCUT2D eigenvalue weighted by molar-refractivity contribution is 5.59. The lowest BCUT2D eigenvalue weighted by atomic mass is 10.1. The van der Waals surface area contributed by atoms with Gasteiger partial charge in [0.1, 0.15) is 12.6 Å². The Labute approximate surface area is 70.4 Å². The van der Waals surface area contributed by atoms with Crippen molar-refractivity contribution in [3.05, 3.63) is 29.6 Å². The molecule has 0 spiro atoms. The number of aromatic nitrogens is 1. The summed E-state index contributed by atoms with van der Waals surface area (Å²) >= 11 is 0. The molecule has 0 aliphatic rings. The largest absolute Gasteiger partial charge is 0.303 e. The van der Waals surface area contributed by atoms with Gasteiger partial charge in [-0.25, -0.2) is 0 Å². The van der Waals surface area contributed by atoms with E-state index in [1.807, 2.05) is 0 Å². The van der Waals surface area contributed by atoms with Gasteiger partial charge in [0, 0.05) is 19.0 Å². The average Bonchev–Trinajstić information content (AvgIpc) is 2.09. The Morgan fingerprint density at radius 3 is 2.67 bits per heavy atom. The van der Waals surface area contributed by atoms with Crippen LogP contribution in [0.5, 0.6) is 0 Å². The second-order valence-electron chi connectivity index (χ2n) is 2.35. The molecule has 1 aromatic heterocycles. The van der Waals surface area contributed by atoms with Crippen molar-refractivity contribution in [2.75, 3.05) is 0 Å². The number of aldehydes is 2. The zero-order valence-corrected chi connectivity index (χ0v) is 6.56. The summed E-state index contributed by atoms with van der Waals surface area (Å²) in [6.45, 7) is 0. The van der Waals surface area contributed by atoms with Gasteiger partial charge in [0.15, 0.2) is 0 Å². The molecule has 1 rings (SSSR count). The van der Waals surface area contributed by atoms with E-state index in [4.69, 9.17) is 0 Å². The Morgan fingerprint density at radius 2 is 2.00 bits per heavy atom. The Morgan fingerprint density at radius 1 is 1.25 bits per heavy atom. The first-order valence-electron chi connectivity index (χ1n) is 3.68. The van der Waals surface area contributed by atoms with Gasteiger partial charge in [-0.1, -0.05) is 6.07 Å². The van der Waals surface area contributed by atoms with E-state index < -0.39 is 0 Å². The lowest BCUT2D eigenvalue weighted by Crippen LogP contribution is -1.98. The van der Waals surface area contributed by atoms with Crippen LogP contribution < -0.4 is 0 Å². The van der Waals surface area contributed by atoms with E-state index in [0.29, 0.717) is 12.1 Å². The molecule has 12 heavy (non-hydrogen) atoms. The molecule has 3 nitrogen and oxygen atoms in total. The van der Waals surface area contributed by atoms with Crippen LogP contribution in [0.3, 0.4) is 0 Å². The molecule has 0 radical (unpaired) electrons. The van der Waals surface area contributed by atoms with E-state index in [1.54, 1.807) is 18.3 Å². The zero-order valence-electron chi connectivity index (χ0n) is 6.56. The monoisotopic (exact) mass is 163 g/mol. The molecule has 3 heteroatoms.